The highest BCUT2D eigenvalue weighted by molar-refractivity contribution is 9.10. The molecule has 1 aliphatic carbocycles. The largest absolute Gasteiger partial charge is 0.348 e. The second-order valence-corrected chi connectivity index (χ2v) is 8.00. The first kappa shape index (κ1) is 16.6. The van der Waals surface area contributed by atoms with Crippen LogP contribution in [0.25, 0.3) is 5.52 Å². The van der Waals surface area contributed by atoms with Crippen molar-refractivity contribution in [3.8, 4) is 0 Å². The number of hydrogen-bond acceptors (Lipinski definition) is 3. The summed E-state index contributed by atoms with van der Waals surface area (Å²) in [5.41, 5.74) is 2.96. The van der Waals surface area contributed by atoms with E-state index in [2.05, 4.69) is 26.3 Å². The molecule has 2 amide bonds. The number of fused-ring (bicyclic) bond motifs is 2. The third-order valence-electron chi connectivity index (χ3n) is 5.09. The van der Waals surface area contributed by atoms with Gasteiger partial charge in [0.2, 0.25) is 0 Å². The monoisotopic (exact) mass is 427 g/mol. The molecule has 1 N–H and O–H groups in total. The molecule has 0 saturated heterocycles. The number of aromatic nitrogens is 3. The molecule has 0 aromatic carbocycles. The summed E-state index contributed by atoms with van der Waals surface area (Å²) < 4.78 is 4.62. The van der Waals surface area contributed by atoms with E-state index in [9.17, 15) is 9.59 Å². The van der Waals surface area contributed by atoms with Gasteiger partial charge in [0.1, 0.15) is 5.69 Å². The molecule has 1 saturated carbocycles. The van der Waals surface area contributed by atoms with Gasteiger partial charge in [-0.3, -0.25) is 9.59 Å². The Morgan fingerprint density at radius 2 is 2.00 bits per heavy atom. The van der Waals surface area contributed by atoms with E-state index >= 15 is 0 Å². The minimum Gasteiger partial charge on any atom is -0.348 e. The normalized spacial score (nSPS) is 16.4. The lowest BCUT2D eigenvalue weighted by molar-refractivity contribution is 0.0703. The van der Waals surface area contributed by atoms with E-state index in [-0.39, 0.29) is 11.8 Å². The molecule has 27 heavy (non-hydrogen) atoms. The highest BCUT2D eigenvalue weighted by Crippen LogP contribution is 2.22. The van der Waals surface area contributed by atoms with Crippen LogP contribution in [0.4, 0.5) is 0 Å². The van der Waals surface area contributed by atoms with E-state index in [0.29, 0.717) is 37.1 Å². The van der Waals surface area contributed by atoms with Gasteiger partial charge < -0.3 is 14.8 Å². The number of nitrogens with zero attached hydrogens (tertiary/aromatic N) is 4. The van der Waals surface area contributed by atoms with E-state index in [1.54, 1.807) is 15.5 Å². The zero-order valence-corrected chi connectivity index (χ0v) is 16.1. The number of amides is 2. The van der Waals surface area contributed by atoms with Crippen molar-refractivity contribution >= 4 is 33.3 Å². The Balaban J connectivity index is 1.36. The molecule has 4 heterocycles. The maximum absolute atomic E-state index is 12.9. The molecule has 1 aliphatic heterocycles. The van der Waals surface area contributed by atoms with Crippen LogP contribution in [0.5, 0.6) is 0 Å². The molecule has 1 fully saturated rings. The Kier molecular flexibility index (Phi) is 3.82. The van der Waals surface area contributed by atoms with Crippen LogP contribution in [0, 0.1) is 0 Å². The van der Waals surface area contributed by atoms with Crippen molar-refractivity contribution < 1.29 is 9.59 Å². The first-order chi connectivity index (χ1) is 13.1. The molecule has 0 radical (unpaired) electrons. The Bertz CT molecular complexity index is 1070. The lowest BCUT2D eigenvalue weighted by atomic mass is 10.2. The summed E-state index contributed by atoms with van der Waals surface area (Å²) in [6.45, 7) is 1.65. The van der Waals surface area contributed by atoms with E-state index in [4.69, 9.17) is 0 Å². The third kappa shape index (κ3) is 3.03. The smallest absolute Gasteiger partial charge is 0.274 e. The van der Waals surface area contributed by atoms with Gasteiger partial charge in [-0.2, -0.15) is 5.10 Å². The third-order valence-corrected chi connectivity index (χ3v) is 5.56. The molecule has 0 unspecified atom stereocenters. The number of pyridine rings is 1. The van der Waals surface area contributed by atoms with Gasteiger partial charge in [0, 0.05) is 35.5 Å². The van der Waals surface area contributed by atoms with Gasteiger partial charge in [-0.05, 0) is 59.1 Å². The number of halogens is 1. The van der Waals surface area contributed by atoms with Crippen molar-refractivity contribution in [1.82, 2.24) is 24.4 Å². The molecule has 0 atom stereocenters. The number of carbonyl (C=O) groups is 2. The lowest BCUT2D eigenvalue weighted by Gasteiger charge is -2.29. The summed E-state index contributed by atoms with van der Waals surface area (Å²) >= 11 is 3.41. The van der Waals surface area contributed by atoms with Crippen LogP contribution in [0.1, 0.15) is 39.5 Å². The maximum Gasteiger partial charge on any atom is 0.274 e. The summed E-state index contributed by atoms with van der Waals surface area (Å²) in [7, 11) is 0. The van der Waals surface area contributed by atoms with Crippen LogP contribution in [0.15, 0.2) is 41.0 Å². The van der Waals surface area contributed by atoms with Gasteiger partial charge in [0.25, 0.3) is 11.8 Å². The van der Waals surface area contributed by atoms with Crippen LogP contribution in [0.2, 0.25) is 0 Å². The van der Waals surface area contributed by atoms with Gasteiger partial charge >= 0.3 is 0 Å². The molecular formula is C19H18BrN5O2. The van der Waals surface area contributed by atoms with Gasteiger partial charge in [-0.1, -0.05) is 0 Å². The van der Waals surface area contributed by atoms with Crippen LogP contribution >= 0.6 is 15.9 Å². The minimum absolute atomic E-state index is 0.0190. The van der Waals surface area contributed by atoms with Crippen LogP contribution < -0.4 is 5.32 Å². The van der Waals surface area contributed by atoms with Gasteiger partial charge in [0.15, 0.2) is 5.69 Å². The zero-order chi connectivity index (χ0) is 18.5. The van der Waals surface area contributed by atoms with Gasteiger partial charge in [-0.25, -0.2) is 4.52 Å². The molecule has 8 heteroatoms. The van der Waals surface area contributed by atoms with E-state index in [1.165, 1.54) is 0 Å². The predicted octanol–water partition coefficient (Wildman–Crippen LogP) is 2.45. The summed E-state index contributed by atoms with van der Waals surface area (Å²) in [6, 6.07) is 9.76. The summed E-state index contributed by atoms with van der Waals surface area (Å²) in [5, 5.41) is 7.43. The highest BCUT2D eigenvalue weighted by atomic mass is 79.9. The Hall–Kier alpha value is -2.61. The quantitative estimate of drug-likeness (QED) is 0.697. The zero-order valence-electron chi connectivity index (χ0n) is 14.6. The number of rotatable bonds is 3. The Morgan fingerprint density at radius 3 is 2.81 bits per heavy atom. The van der Waals surface area contributed by atoms with Gasteiger partial charge in [-0.15, -0.1) is 0 Å². The van der Waals surface area contributed by atoms with Crippen molar-refractivity contribution in [2.45, 2.75) is 32.0 Å². The predicted molar refractivity (Wildman–Crippen MR) is 103 cm³/mol. The fourth-order valence-electron chi connectivity index (χ4n) is 3.49. The first-order valence-electron chi connectivity index (χ1n) is 9.02. The molecule has 7 nitrogen and oxygen atoms in total. The second-order valence-electron chi connectivity index (χ2n) is 7.08. The molecule has 138 valence electrons. The number of nitrogens with one attached hydrogen (secondary N) is 1. The van der Waals surface area contributed by atoms with Crippen molar-refractivity contribution in [2.75, 3.05) is 6.54 Å². The molecule has 3 aromatic rings. The van der Waals surface area contributed by atoms with Crippen molar-refractivity contribution in [2.24, 2.45) is 0 Å². The second kappa shape index (κ2) is 6.23. The summed E-state index contributed by atoms with van der Waals surface area (Å²) in [6.07, 6.45) is 3.96. The van der Waals surface area contributed by atoms with E-state index in [0.717, 1.165) is 28.5 Å². The van der Waals surface area contributed by atoms with Gasteiger partial charge in [0.05, 0.1) is 12.1 Å². The topological polar surface area (TPSA) is 71.6 Å². The Morgan fingerprint density at radius 1 is 1.15 bits per heavy atom. The lowest BCUT2D eigenvalue weighted by Crippen LogP contribution is -2.39. The summed E-state index contributed by atoms with van der Waals surface area (Å²) in [5.74, 6) is -0.110. The number of hydrogen-bond donors (Lipinski definition) is 1. The molecule has 0 spiro atoms. The highest BCUT2D eigenvalue weighted by Gasteiger charge is 2.29. The first-order valence-corrected chi connectivity index (χ1v) is 9.81. The SMILES string of the molecule is O=C(NC1CC1)c1ccc2n1CCN(C(=O)c1cc3ccc(Br)cn3n1)C2. The van der Waals surface area contributed by atoms with Crippen molar-refractivity contribution in [3.05, 3.63) is 58.1 Å². The molecule has 2 aliphatic rings. The average molecular weight is 428 g/mol. The molecule has 3 aromatic heterocycles. The molecular weight excluding hydrogens is 410 g/mol. The minimum atomic E-state index is -0.0914. The Labute approximate surface area is 164 Å². The van der Waals surface area contributed by atoms with E-state index < -0.39 is 0 Å². The van der Waals surface area contributed by atoms with Crippen molar-refractivity contribution in [3.63, 3.8) is 0 Å². The average Bonchev–Trinajstić information content (AvgIpc) is 3.21. The van der Waals surface area contributed by atoms with Crippen LogP contribution in [0.3, 0.4) is 0 Å². The molecule has 0 bridgehead atoms. The maximum atomic E-state index is 12.9. The number of carbonyl (C=O) groups excluding carboxylic acids is 2. The fourth-order valence-corrected chi connectivity index (χ4v) is 3.82. The van der Waals surface area contributed by atoms with Crippen molar-refractivity contribution in [1.29, 1.82) is 0 Å². The standard InChI is InChI=1S/C19H18BrN5O2/c20-12-1-4-14-9-16(22-25(14)10-12)19(27)23-7-8-24-15(11-23)5-6-17(24)18(26)21-13-2-3-13/h1,4-6,9-10,13H,2-3,7-8,11H2,(H,21,26). The molecule has 5 rings (SSSR count). The van der Waals surface area contributed by atoms with Crippen LogP contribution in [-0.2, 0) is 13.1 Å². The van der Waals surface area contributed by atoms with Crippen LogP contribution in [-0.4, -0.2) is 43.5 Å². The van der Waals surface area contributed by atoms with E-state index in [1.807, 2.05) is 35.0 Å². The summed E-state index contributed by atoms with van der Waals surface area (Å²) in [4.78, 5) is 27.1. The fraction of sp³-hybridized carbons (Fsp3) is 0.316.